The number of nitrogens with zero attached hydrogens (tertiary/aromatic N) is 1. The molecule has 1 unspecified atom stereocenters. The number of hydrogen-bond acceptors (Lipinski definition) is 2. The molecule has 0 aliphatic heterocycles. The molecule has 2 nitrogen and oxygen atoms in total. The Labute approximate surface area is 136 Å². The minimum absolute atomic E-state index is 0.0301. The van der Waals surface area contributed by atoms with Crippen LogP contribution < -0.4 is 10.6 Å². The molecule has 4 heteroatoms. The van der Waals surface area contributed by atoms with Crippen LogP contribution in [0, 0.1) is 6.92 Å². The zero-order valence-electron chi connectivity index (χ0n) is 12.3. The largest absolute Gasteiger partial charge is 0.363 e. The van der Waals surface area contributed by atoms with Gasteiger partial charge in [-0.2, -0.15) is 0 Å². The Balaban J connectivity index is 2.39. The molecule has 0 aliphatic rings. The van der Waals surface area contributed by atoms with Gasteiger partial charge in [0.1, 0.15) is 0 Å². The molecule has 2 N–H and O–H groups in total. The van der Waals surface area contributed by atoms with E-state index in [1.54, 1.807) is 6.07 Å². The highest BCUT2D eigenvalue weighted by Gasteiger charge is 2.20. The van der Waals surface area contributed by atoms with Gasteiger partial charge in [-0.05, 0) is 43.7 Å². The first-order valence-electron chi connectivity index (χ1n) is 7.05. The number of likely N-dealkylation sites (N-methyl/N-ethyl adjacent to an activating group) is 1. The number of anilines is 1. The van der Waals surface area contributed by atoms with Gasteiger partial charge >= 0.3 is 0 Å². The summed E-state index contributed by atoms with van der Waals surface area (Å²) in [7, 11) is 0. The second kappa shape index (κ2) is 7.17. The molecule has 2 aromatic rings. The number of rotatable bonds is 5. The molecule has 0 saturated heterocycles. The summed E-state index contributed by atoms with van der Waals surface area (Å²) in [5.74, 6) is 0. The zero-order valence-corrected chi connectivity index (χ0v) is 13.8. The molecule has 0 amide bonds. The molecule has 0 fully saturated rings. The Hall–Kier alpha value is -1.22. The van der Waals surface area contributed by atoms with E-state index in [0.717, 1.165) is 17.8 Å². The SMILES string of the molecule is CCN(c1ccc(C)cc1)C(CN)c1ccc(Cl)cc1Cl. The molecular formula is C17H20Cl2N2. The maximum absolute atomic E-state index is 6.35. The first-order chi connectivity index (χ1) is 10.1. The summed E-state index contributed by atoms with van der Waals surface area (Å²) in [5, 5.41) is 1.29. The van der Waals surface area contributed by atoms with Crippen molar-refractivity contribution < 1.29 is 0 Å². The standard InChI is InChI=1S/C17H20Cl2N2/c1-3-21(14-7-4-12(2)5-8-14)17(11-20)15-9-6-13(18)10-16(15)19/h4-10,17H,3,11,20H2,1-2H3. The lowest BCUT2D eigenvalue weighted by Crippen LogP contribution is -2.33. The van der Waals surface area contributed by atoms with Gasteiger partial charge in [-0.3, -0.25) is 0 Å². The lowest BCUT2D eigenvalue weighted by atomic mass is 10.0. The van der Waals surface area contributed by atoms with E-state index in [2.05, 4.69) is 43.0 Å². The third kappa shape index (κ3) is 3.70. The molecule has 0 saturated carbocycles. The van der Waals surface area contributed by atoms with Gasteiger partial charge in [0.2, 0.25) is 0 Å². The minimum atomic E-state index is 0.0301. The third-order valence-electron chi connectivity index (χ3n) is 3.63. The van der Waals surface area contributed by atoms with E-state index in [1.165, 1.54) is 5.56 Å². The smallest absolute Gasteiger partial charge is 0.0679 e. The Morgan fingerprint density at radius 1 is 1.10 bits per heavy atom. The quantitative estimate of drug-likeness (QED) is 0.854. The predicted molar refractivity (Wildman–Crippen MR) is 92.5 cm³/mol. The van der Waals surface area contributed by atoms with Gasteiger partial charge in [-0.25, -0.2) is 0 Å². The second-order valence-corrected chi connectivity index (χ2v) is 5.88. The van der Waals surface area contributed by atoms with Crippen LogP contribution in [0.3, 0.4) is 0 Å². The molecule has 21 heavy (non-hydrogen) atoms. The molecule has 2 aromatic carbocycles. The van der Waals surface area contributed by atoms with E-state index < -0.39 is 0 Å². The highest BCUT2D eigenvalue weighted by molar-refractivity contribution is 6.35. The third-order valence-corrected chi connectivity index (χ3v) is 4.19. The van der Waals surface area contributed by atoms with E-state index in [-0.39, 0.29) is 6.04 Å². The van der Waals surface area contributed by atoms with Crippen molar-refractivity contribution in [1.29, 1.82) is 0 Å². The van der Waals surface area contributed by atoms with Crippen molar-refractivity contribution in [3.8, 4) is 0 Å². The fourth-order valence-electron chi connectivity index (χ4n) is 2.51. The highest BCUT2D eigenvalue weighted by atomic mass is 35.5. The van der Waals surface area contributed by atoms with Gasteiger partial charge in [0.05, 0.1) is 6.04 Å². The normalized spacial score (nSPS) is 12.2. The number of benzene rings is 2. The van der Waals surface area contributed by atoms with Crippen LogP contribution in [0.5, 0.6) is 0 Å². The Kier molecular flexibility index (Phi) is 5.51. The van der Waals surface area contributed by atoms with Gasteiger partial charge in [0.25, 0.3) is 0 Å². The molecule has 0 aromatic heterocycles. The number of aryl methyl sites for hydroxylation is 1. The molecule has 0 heterocycles. The van der Waals surface area contributed by atoms with Crippen molar-refractivity contribution in [2.45, 2.75) is 19.9 Å². The van der Waals surface area contributed by atoms with E-state index in [4.69, 9.17) is 28.9 Å². The lowest BCUT2D eigenvalue weighted by molar-refractivity contribution is 0.643. The topological polar surface area (TPSA) is 29.3 Å². The Morgan fingerprint density at radius 3 is 2.29 bits per heavy atom. The first-order valence-corrected chi connectivity index (χ1v) is 7.80. The summed E-state index contributed by atoms with van der Waals surface area (Å²) in [6.07, 6.45) is 0. The van der Waals surface area contributed by atoms with Gasteiger partial charge in [-0.1, -0.05) is 47.0 Å². The maximum atomic E-state index is 6.35. The number of halogens is 2. The van der Waals surface area contributed by atoms with Crippen LogP contribution in [-0.2, 0) is 0 Å². The zero-order chi connectivity index (χ0) is 15.4. The maximum Gasteiger partial charge on any atom is 0.0679 e. The van der Waals surface area contributed by atoms with Crippen LogP contribution in [0.15, 0.2) is 42.5 Å². The summed E-state index contributed by atoms with van der Waals surface area (Å²) in [4.78, 5) is 2.26. The van der Waals surface area contributed by atoms with Crippen molar-refractivity contribution in [2.24, 2.45) is 5.73 Å². The summed E-state index contributed by atoms with van der Waals surface area (Å²) < 4.78 is 0. The van der Waals surface area contributed by atoms with E-state index in [1.807, 2.05) is 12.1 Å². The molecule has 2 rings (SSSR count). The number of nitrogens with two attached hydrogens (primary N) is 1. The average molecular weight is 323 g/mol. The summed E-state index contributed by atoms with van der Waals surface area (Å²) in [6.45, 7) is 5.54. The average Bonchev–Trinajstić information content (AvgIpc) is 2.47. The molecule has 0 radical (unpaired) electrons. The Bertz CT molecular complexity index is 596. The van der Waals surface area contributed by atoms with E-state index >= 15 is 0 Å². The van der Waals surface area contributed by atoms with Crippen molar-refractivity contribution in [3.63, 3.8) is 0 Å². The van der Waals surface area contributed by atoms with Crippen LogP contribution in [0.25, 0.3) is 0 Å². The van der Waals surface area contributed by atoms with Crippen LogP contribution in [0.4, 0.5) is 5.69 Å². The van der Waals surface area contributed by atoms with Crippen molar-refractivity contribution in [3.05, 3.63) is 63.6 Å². The molecule has 0 bridgehead atoms. The van der Waals surface area contributed by atoms with Gasteiger partial charge in [-0.15, -0.1) is 0 Å². The Morgan fingerprint density at radius 2 is 1.76 bits per heavy atom. The number of hydrogen-bond donors (Lipinski definition) is 1. The van der Waals surface area contributed by atoms with E-state index in [0.29, 0.717) is 16.6 Å². The summed E-state index contributed by atoms with van der Waals surface area (Å²) in [5.41, 5.74) is 9.41. The minimum Gasteiger partial charge on any atom is -0.363 e. The monoisotopic (exact) mass is 322 g/mol. The molecule has 0 aliphatic carbocycles. The van der Waals surface area contributed by atoms with Gasteiger partial charge in [0.15, 0.2) is 0 Å². The van der Waals surface area contributed by atoms with Gasteiger partial charge < -0.3 is 10.6 Å². The summed E-state index contributed by atoms with van der Waals surface area (Å²) >= 11 is 12.3. The van der Waals surface area contributed by atoms with Crippen molar-refractivity contribution in [2.75, 3.05) is 18.0 Å². The molecule has 112 valence electrons. The molecule has 1 atom stereocenters. The highest BCUT2D eigenvalue weighted by Crippen LogP contribution is 2.32. The van der Waals surface area contributed by atoms with E-state index in [9.17, 15) is 0 Å². The summed E-state index contributed by atoms with van der Waals surface area (Å²) in [6, 6.07) is 14.1. The molecular weight excluding hydrogens is 303 g/mol. The molecule has 0 spiro atoms. The van der Waals surface area contributed by atoms with Crippen LogP contribution >= 0.6 is 23.2 Å². The fourth-order valence-corrected chi connectivity index (χ4v) is 3.05. The van der Waals surface area contributed by atoms with Crippen LogP contribution in [0.1, 0.15) is 24.1 Å². The van der Waals surface area contributed by atoms with Crippen LogP contribution in [0.2, 0.25) is 10.0 Å². The van der Waals surface area contributed by atoms with Crippen LogP contribution in [-0.4, -0.2) is 13.1 Å². The first kappa shape index (κ1) is 16.2. The van der Waals surface area contributed by atoms with Gasteiger partial charge in [0, 0.05) is 28.8 Å². The van der Waals surface area contributed by atoms with Crippen molar-refractivity contribution in [1.82, 2.24) is 0 Å². The van der Waals surface area contributed by atoms with Crippen molar-refractivity contribution >= 4 is 28.9 Å². The predicted octanol–water partition coefficient (Wildman–Crippen LogP) is 4.83. The second-order valence-electron chi connectivity index (χ2n) is 5.04. The lowest BCUT2D eigenvalue weighted by Gasteiger charge is -2.33. The fraction of sp³-hybridized carbons (Fsp3) is 0.294.